The minimum Gasteiger partial charge on any atom is -0.387 e. The van der Waals surface area contributed by atoms with E-state index in [0.717, 1.165) is 0 Å². The maximum Gasteiger partial charge on any atom is 0.254 e. The monoisotopic (exact) mass is 465 g/mol. The summed E-state index contributed by atoms with van der Waals surface area (Å²) in [5.74, 6) is 4.99. The number of likely N-dealkylation sites (N-methyl/N-ethyl adjacent to an activating group) is 1. The molecule has 1 aliphatic heterocycles. The summed E-state index contributed by atoms with van der Waals surface area (Å²) in [7, 11) is 3.03. The molecule has 0 aliphatic carbocycles. The third kappa shape index (κ3) is 4.27. The third-order valence-electron chi connectivity index (χ3n) is 5.35. The molecular formula is C22H23N7O5. The standard InChI is InChI=1S/C22H23N7O5/c1-24-20(32)17-15(30)16(31)22(34-17)29-11-25-14-18(23)26-13(27-19(14)29)9-6-10-28(2)21(33)12-7-4-3-5-8-12/h3-5,7-8,11,15-17,22,30-31H,10H2,1-2H3,(H,24,32)(H2,23,26,27)/t15-,16?,17-,22+/m0/s1. The number of fused-ring (bicyclic) bond motifs is 1. The molecule has 3 aromatic rings. The molecule has 1 aliphatic rings. The molecule has 1 fully saturated rings. The van der Waals surface area contributed by atoms with E-state index < -0.39 is 30.4 Å². The van der Waals surface area contributed by atoms with Crippen molar-refractivity contribution in [1.82, 2.24) is 29.7 Å². The summed E-state index contributed by atoms with van der Waals surface area (Å²) in [5, 5.41) is 23.0. The molecular weight excluding hydrogens is 442 g/mol. The summed E-state index contributed by atoms with van der Waals surface area (Å²) >= 11 is 0. The second-order valence-corrected chi connectivity index (χ2v) is 7.63. The molecule has 0 saturated carbocycles. The SMILES string of the molecule is CNC(=O)[C@H]1O[C@@H](n2cnc3c(N)nc(C#CCN(C)C(=O)c4ccccc4)nc32)C(O)[C@@H]1O. The van der Waals surface area contributed by atoms with Crippen molar-refractivity contribution in [3.63, 3.8) is 0 Å². The number of ether oxygens (including phenoxy) is 1. The summed E-state index contributed by atoms with van der Waals surface area (Å²) in [4.78, 5) is 38.5. The number of carbonyl (C=O) groups is 2. The van der Waals surface area contributed by atoms with E-state index in [1.807, 2.05) is 6.07 Å². The number of anilines is 1. The number of carbonyl (C=O) groups excluding carboxylic acids is 2. The molecule has 0 spiro atoms. The van der Waals surface area contributed by atoms with Gasteiger partial charge in [0.05, 0.1) is 12.9 Å². The van der Waals surface area contributed by atoms with Gasteiger partial charge in [0.2, 0.25) is 5.82 Å². The average Bonchev–Trinajstić information content (AvgIpc) is 3.39. The first-order valence-electron chi connectivity index (χ1n) is 10.3. The number of benzene rings is 1. The minimum absolute atomic E-state index is 0.0534. The van der Waals surface area contributed by atoms with Crippen LogP contribution in [0.25, 0.3) is 11.2 Å². The van der Waals surface area contributed by atoms with Crippen molar-refractivity contribution in [3.8, 4) is 11.8 Å². The van der Waals surface area contributed by atoms with Crippen LogP contribution in [0.4, 0.5) is 5.82 Å². The highest BCUT2D eigenvalue weighted by Gasteiger charge is 2.47. The zero-order valence-electron chi connectivity index (χ0n) is 18.4. The molecule has 176 valence electrons. The summed E-state index contributed by atoms with van der Waals surface area (Å²) < 4.78 is 6.94. The van der Waals surface area contributed by atoms with Crippen molar-refractivity contribution in [2.75, 3.05) is 26.4 Å². The number of nitrogens with two attached hydrogens (primary N) is 1. The molecule has 0 radical (unpaired) electrons. The van der Waals surface area contributed by atoms with Gasteiger partial charge in [0.25, 0.3) is 11.8 Å². The van der Waals surface area contributed by atoms with Crippen LogP contribution in [0.5, 0.6) is 0 Å². The Morgan fingerprint density at radius 3 is 2.68 bits per heavy atom. The Bertz CT molecular complexity index is 1280. The number of nitrogens with one attached hydrogen (secondary N) is 1. The van der Waals surface area contributed by atoms with Crippen molar-refractivity contribution in [1.29, 1.82) is 0 Å². The quantitative estimate of drug-likeness (QED) is 0.349. The lowest BCUT2D eigenvalue weighted by Gasteiger charge is -2.16. The molecule has 2 aromatic heterocycles. The van der Waals surface area contributed by atoms with Crippen LogP contribution in [0.15, 0.2) is 36.7 Å². The van der Waals surface area contributed by atoms with E-state index in [0.29, 0.717) is 5.56 Å². The van der Waals surface area contributed by atoms with Crippen molar-refractivity contribution in [2.45, 2.75) is 24.5 Å². The molecule has 1 unspecified atom stereocenters. The smallest absolute Gasteiger partial charge is 0.254 e. The predicted octanol–water partition coefficient (Wildman–Crippen LogP) is -1.10. The van der Waals surface area contributed by atoms with Crippen molar-refractivity contribution < 1.29 is 24.5 Å². The number of aliphatic hydroxyl groups is 2. The molecule has 0 bridgehead atoms. The number of amides is 2. The Morgan fingerprint density at radius 1 is 1.24 bits per heavy atom. The first-order valence-corrected chi connectivity index (χ1v) is 10.3. The topological polar surface area (TPSA) is 169 Å². The number of aromatic nitrogens is 4. The van der Waals surface area contributed by atoms with Gasteiger partial charge in [-0.3, -0.25) is 14.2 Å². The van der Waals surface area contributed by atoms with Crippen LogP contribution in [-0.4, -0.2) is 85.4 Å². The highest BCUT2D eigenvalue weighted by Crippen LogP contribution is 2.32. The second-order valence-electron chi connectivity index (χ2n) is 7.63. The van der Waals surface area contributed by atoms with Gasteiger partial charge in [0, 0.05) is 19.7 Å². The van der Waals surface area contributed by atoms with Crippen LogP contribution in [-0.2, 0) is 9.53 Å². The fourth-order valence-electron chi connectivity index (χ4n) is 3.54. The molecule has 3 heterocycles. The largest absolute Gasteiger partial charge is 0.387 e. The zero-order valence-corrected chi connectivity index (χ0v) is 18.4. The van der Waals surface area contributed by atoms with Crippen molar-refractivity contribution in [3.05, 3.63) is 48.0 Å². The Kier molecular flexibility index (Phi) is 6.42. The fourth-order valence-corrected chi connectivity index (χ4v) is 3.54. The van der Waals surface area contributed by atoms with Gasteiger partial charge in [0.1, 0.15) is 17.7 Å². The van der Waals surface area contributed by atoms with E-state index >= 15 is 0 Å². The minimum atomic E-state index is -1.45. The molecule has 34 heavy (non-hydrogen) atoms. The maximum atomic E-state index is 12.4. The normalized spacial score (nSPS) is 21.6. The molecule has 2 amide bonds. The number of hydrogen-bond acceptors (Lipinski definition) is 9. The van der Waals surface area contributed by atoms with Gasteiger partial charge in [-0.25, -0.2) is 15.0 Å². The van der Waals surface area contributed by atoms with Crippen LogP contribution >= 0.6 is 0 Å². The molecule has 12 heteroatoms. The molecule has 12 nitrogen and oxygen atoms in total. The number of nitrogens with zero attached hydrogens (tertiary/aromatic N) is 5. The first kappa shape index (κ1) is 23.1. The van der Waals surface area contributed by atoms with Crippen molar-refractivity contribution in [2.24, 2.45) is 0 Å². The lowest BCUT2D eigenvalue weighted by molar-refractivity contribution is -0.137. The van der Waals surface area contributed by atoms with E-state index in [1.165, 1.54) is 22.8 Å². The summed E-state index contributed by atoms with van der Waals surface area (Å²) in [6.07, 6.45) is -3.93. The van der Waals surface area contributed by atoms with Gasteiger partial charge in [-0.05, 0) is 18.1 Å². The Labute approximate surface area is 194 Å². The summed E-state index contributed by atoms with van der Waals surface area (Å²) in [6, 6.07) is 8.83. The predicted molar refractivity (Wildman–Crippen MR) is 120 cm³/mol. The van der Waals surface area contributed by atoms with Crippen LogP contribution < -0.4 is 11.1 Å². The molecule has 1 saturated heterocycles. The number of rotatable bonds is 4. The van der Waals surface area contributed by atoms with E-state index in [1.54, 1.807) is 31.3 Å². The lowest BCUT2D eigenvalue weighted by atomic mass is 10.1. The Balaban J connectivity index is 1.57. The number of aliphatic hydroxyl groups excluding tert-OH is 2. The summed E-state index contributed by atoms with van der Waals surface area (Å²) in [6.45, 7) is 0.124. The number of hydrogen-bond donors (Lipinski definition) is 4. The number of nitrogen functional groups attached to an aromatic ring is 1. The van der Waals surface area contributed by atoms with E-state index in [-0.39, 0.29) is 35.3 Å². The maximum absolute atomic E-state index is 12.4. The van der Waals surface area contributed by atoms with Gasteiger partial charge >= 0.3 is 0 Å². The first-order chi connectivity index (χ1) is 16.3. The van der Waals surface area contributed by atoms with Crippen LogP contribution in [0, 0.1) is 11.8 Å². The molecule has 1 aromatic carbocycles. The van der Waals surface area contributed by atoms with Crippen LogP contribution in [0.1, 0.15) is 22.4 Å². The third-order valence-corrected chi connectivity index (χ3v) is 5.35. The van der Waals surface area contributed by atoms with E-state index in [2.05, 4.69) is 32.1 Å². The second kappa shape index (κ2) is 9.44. The fraction of sp³-hybridized carbons (Fsp3) is 0.318. The van der Waals surface area contributed by atoms with Gasteiger partial charge in [-0.1, -0.05) is 24.1 Å². The molecule has 5 N–H and O–H groups in total. The van der Waals surface area contributed by atoms with Crippen LogP contribution in [0.2, 0.25) is 0 Å². The van der Waals surface area contributed by atoms with E-state index in [9.17, 15) is 19.8 Å². The van der Waals surface area contributed by atoms with Gasteiger partial charge in [-0.15, -0.1) is 0 Å². The molecule has 4 atom stereocenters. The summed E-state index contributed by atoms with van der Waals surface area (Å²) in [5.41, 5.74) is 7.01. The highest BCUT2D eigenvalue weighted by molar-refractivity contribution is 5.94. The average molecular weight is 465 g/mol. The van der Waals surface area contributed by atoms with Gasteiger partial charge in [-0.2, -0.15) is 0 Å². The Hall–Kier alpha value is -4.05. The Morgan fingerprint density at radius 2 is 1.97 bits per heavy atom. The number of imidazole rings is 1. The van der Waals surface area contributed by atoms with Crippen LogP contribution in [0.3, 0.4) is 0 Å². The van der Waals surface area contributed by atoms with E-state index in [4.69, 9.17) is 10.5 Å². The highest BCUT2D eigenvalue weighted by atomic mass is 16.6. The van der Waals surface area contributed by atoms with Crippen molar-refractivity contribution >= 4 is 28.8 Å². The lowest BCUT2D eigenvalue weighted by Crippen LogP contribution is -2.41. The zero-order chi connectivity index (χ0) is 24.4. The molecule has 4 rings (SSSR count). The van der Waals surface area contributed by atoms with Gasteiger partial charge < -0.3 is 30.9 Å². The van der Waals surface area contributed by atoms with Gasteiger partial charge in [0.15, 0.2) is 23.8 Å².